The summed E-state index contributed by atoms with van der Waals surface area (Å²) < 4.78 is 0. The van der Waals surface area contributed by atoms with E-state index < -0.39 is 0 Å². The van der Waals surface area contributed by atoms with Crippen LogP contribution in [0.2, 0.25) is 0 Å². The average molecular weight is 430 g/mol. The molecular weight excluding hydrogens is 402 g/mol. The number of nitrogens with zero attached hydrogens (tertiary/aromatic N) is 3. The standard InChI is InChI=1S/C26H27N3OS/c1-3-4-16-24-25(30)29(18-22-12-6-5-10-19(22)2)26(31-24)28-27-17-21-14-9-13-20-11-7-8-15-23(20)21/h5-15,17,24H,3-4,16,18H2,1-2H3. The van der Waals surface area contributed by atoms with Gasteiger partial charge in [-0.15, -0.1) is 5.10 Å². The average Bonchev–Trinajstić information content (AvgIpc) is 3.08. The molecule has 1 fully saturated rings. The fourth-order valence-corrected chi connectivity index (χ4v) is 4.91. The predicted molar refractivity (Wildman–Crippen MR) is 132 cm³/mol. The number of hydrogen-bond acceptors (Lipinski definition) is 4. The molecule has 0 bridgehead atoms. The predicted octanol–water partition coefficient (Wildman–Crippen LogP) is 6.17. The third-order valence-corrected chi connectivity index (χ3v) is 6.83. The van der Waals surface area contributed by atoms with Gasteiger partial charge in [-0.1, -0.05) is 98.3 Å². The van der Waals surface area contributed by atoms with Gasteiger partial charge < -0.3 is 0 Å². The van der Waals surface area contributed by atoms with Crippen LogP contribution in [0.25, 0.3) is 10.8 Å². The lowest BCUT2D eigenvalue weighted by atomic mass is 10.1. The molecule has 1 heterocycles. The Morgan fingerprint density at radius 3 is 2.65 bits per heavy atom. The van der Waals surface area contributed by atoms with E-state index in [0.717, 1.165) is 35.8 Å². The highest BCUT2D eigenvalue weighted by Gasteiger charge is 2.37. The van der Waals surface area contributed by atoms with E-state index >= 15 is 0 Å². The van der Waals surface area contributed by atoms with Gasteiger partial charge >= 0.3 is 0 Å². The van der Waals surface area contributed by atoms with Crippen LogP contribution in [0.5, 0.6) is 0 Å². The number of thioether (sulfide) groups is 1. The molecule has 1 aliphatic rings. The number of hydrogen-bond donors (Lipinski definition) is 0. The summed E-state index contributed by atoms with van der Waals surface area (Å²) >= 11 is 1.54. The van der Waals surface area contributed by atoms with Gasteiger partial charge in [-0.05, 0) is 35.2 Å². The molecule has 4 rings (SSSR count). The minimum Gasteiger partial charge on any atom is -0.284 e. The summed E-state index contributed by atoms with van der Waals surface area (Å²) in [5.74, 6) is 0.140. The second-order valence-electron chi connectivity index (χ2n) is 7.80. The van der Waals surface area contributed by atoms with Gasteiger partial charge in [-0.2, -0.15) is 5.10 Å². The Balaban J connectivity index is 1.61. The first-order chi connectivity index (χ1) is 15.2. The van der Waals surface area contributed by atoms with E-state index in [1.165, 1.54) is 10.9 Å². The summed E-state index contributed by atoms with van der Waals surface area (Å²) in [5.41, 5.74) is 3.33. The maximum absolute atomic E-state index is 13.1. The maximum Gasteiger partial charge on any atom is 0.242 e. The number of aryl methyl sites for hydroxylation is 1. The normalized spacial score (nSPS) is 18.0. The van der Waals surface area contributed by atoms with Crippen molar-refractivity contribution in [1.29, 1.82) is 0 Å². The molecule has 0 aliphatic carbocycles. The van der Waals surface area contributed by atoms with Crippen LogP contribution in [-0.2, 0) is 11.3 Å². The van der Waals surface area contributed by atoms with Crippen LogP contribution in [-0.4, -0.2) is 27.4 Å². The van der Waals surface area contributed by atoms with E-state index in [2.05, 4.69) is 54.4 Å². The van der Waals surface area contributed by atoms with Crippen molar-refractivity contribution in [3.63, 3.8) is 0 Å². The Hall–Kier alpha value is -2.92. The molecule has 1 aliphatic heterocycles. The Bertz CT molecular complexity index is 1130. The van der Waals surface area contributed by atoms with Gasteiger partial charge in [0, 0.05) is 5.56 Å². The number of amidine groups is 1. The van der Waals surface area contributed by atoms with Crippen LogP contribution in [0.4, 0.5) is 0 Å². The molecule has 5 heteroatoms. The molecule has 0 spiro atoms. The molecule has 1 amide bonds. The number of carbonyl (C=O) groups is 1. The van der Waals surface area contributed by atoms with Gasteiger partial charge in [0.1, 0.15) is 0 Å². The van der Waals surface area contributed by atoms with Crippen LogP contribution in [0, 0.1) is 6.92 Å². The van der Waals surface area contributed by atoms with Crippen molar-refractivity contribution in [2.45, 2.75) is 44.9 Å². The van der Waals surface area contributed by atoms with E-state index in [9.17, 15) is 4.79 Å². The van der Waals surface area contributed by atoms with Crippen LogP contribution in [0.1, 0.15) is 42.9 Å². The molecule has 4 nitrogen and oxygen atoms in total. The van der Waals surface area contributed by atoms with Gasteiger partial charge in [0.05, 0.1) is 18.0 Å². The SMILES string of the molecule is CCCCC1SC(=NN=Cc2cccc3ccccc23)N(Cc2ccccc2C)C1=O. The van der Waals surface area contributed by atoms with Crippen molar-refractivity contribution in [2.24, 2.45) is 10.2 Å². The summed E-state index contributed by atoms with van der Waals surface area (Å²) in [4.78, 5) is 14.9. The molecule has 1 saturated heterocycles. The summed E-state index contributed by atoms with van der Waals surface area (Å²) in [6.07, 6.45) is 4.77. The second kappa shape index (κ2) is 9.92. The van der Waals surface area contributed by atoms with Gasteiger partial charge in [0.15, 0.2) is 5.17 Å². The topological polar surface area (TPSA) is 45.0 Å². The minimum atomic E-state index is -0.0736. The number of amides is 1. The van der Waals surface area contributed by atoms with Gasteiger partial charge in [0.2, 0.25) is 5.91 Å². The van der Waals surface area contributed by atoms with E-state index in [4.69, 9.17) is 0 Å². The van der Waals surface area contributed by atoms with Crippen molar-refractivity contribution in [3.05, 3.63) is 83.4 Å². The number of unbranched alkanes of at least 4 members (excludes halogenated alkanes) is 1. The Morgan fingerprint density at radius 2 is 1.81 bits per heavy atom. The van der Waals surface area contributed by atoms with E-state index in [0.29, 0.717) is 11.7 Å². The summed E-state index contributed by atoms with van der Waals surface area (Å²) in [6.45, 7) is 4.76. The molecule has 1 atom stereocenters. The largest absolute Gasteiger partial charge is 0.284 e. The molecule has 0 N–H and O–H groups in total. The first kappa shape index (κ1) is 21.3. The zero-order chi connectivity index (χ0) is 21.6. The van der Waals surface area contributed by atoms with Gasteiger partial charge in [-0.3, -0.25) is 9.69 Å². The summed E-state index contributed by atoms with van der Waals surface area (Å²) in [6, 6.07) is 22.6. The molecule has 31 heavy (non-hydrogen) atoms. The van der Waals surface area contributed by atoms with E-state index in [1.54, 1.807) is 22.9 Å². The molecule has 1 unspecified atom stereocenters. The fraction of sp³-hybridized carbons (Fsp3) is 0.269. The molecule has 158 valence electrons. The second-order valence-corrected chi connectivity index (χ2v) is 8.96. The van der Waals surface area contributed by atoms with Crippen LogP contribution in [0.15, 0.2) is 76.9 Å². The molecule has 3 aromatic carbocycles. The number of rotatable bonds is 7. The lowest BCUT2D eigenvalue weighted by Gasteiger charge is -2.17. The van der Waals surface area contributed by atoms with Crippen molar-refractivity contribution in [3.8, 4) is 0 Å². The molecule has 0 radical (unpaired) electrons. The quantitative estimate of drug-likeness (QED) is 0.333. The zero-order valence-electron chi connectivity index (χ0n) is 18.0. The van der Waals surface area contributed by atoms with E-state index in [1.807, 2.05) is 36.4 Å². The van der Waals surface area contributed by atoms with Crippen LogP contribution in [0.3, 0.4) is 0 Å². The highest BCUT2D eigenvalue weighted by molar-refractivity contribution is 8.15. The highest BCUT2D eigenvalue weighted by Crippen LogP contribution is 2.32. The Labute approximate surface area is 188 Å². The summed E-state index contributed by atoms with van der Waals surface area (Å²) in [5, 5.41) is 11.8. The van der Waals surface area contributed by atoms with E-state index in [-0.39, 0.29) is 11.2 Å². The zero-order valence-corrected chi connectivity index (χ0v) is 18.8. The molecule has 0 saturated carbocycles. The first-order valence-electron chi connectivity index (χ1n) is 10.8. The van der Waals surface area contributed by atoms with Crippen molar-refractivity contribution >= 4 is 39.8 Å². The van der Waals surface area contributed by atoms with Gasteiger partial charge in [-0.25, -0.2) is 0 Å². The molecular formula is C26H27N3OS. The minimum absolute atomic E-state index is 0.0736. The number of fused-ring (bicyclic) bond motifs is 1. The van der Waals surface area contributed by atoms with Crippen molar-refractivity contribution in [2.75, 3.05) is 0 Å². The fourth-order valence-electron chi connectivity index (χ4n) is 3.77. The smallest absolute Gasteiger partial charge is 0.242 e. The molecule has 0 aromatic heterocycles. The first-order valence-corrected chi connectivity index (χ1v) is 11.7. The third kappa shape index (κ3) is 4.88. The lowest BCUT2D eigenvalue weighted by molar-refractivity contribution is -0.126. The van der Waals surface area contributed by atoms with Crippen LogP contribution < -0.4 is 0 Å². The molecule has 3 aromatic rings. The Kier molecular flexibility index (Phi) is 6.82. The maximum atomic E-state index is 13.1. The van der Waals surface area contributed by atoms with Crippen molar-refractivity contribution in [1.82, 2.24) is 4.90 Å². The monoisotopic (exact) mass is 429 g/mol. The van der Waals surface area contributed by atoms with Gasteiger partial charge in [0.25, 0.3) is 0 Å². The van der Waals surface area contributed by atoms with Crippen LogP contribution >= 0.6 is 11.8 Å². The van der Waals surface area contributed by atoms with Crippen molar-refractivity contribution < 1.29 is 4.79 Å². The number of carbonyl (C=O) groups excluding carboxylic acids is 1. The summed E-state index contributed by atoms with van der Waals surface area (Å²) in [7, 11) is 0. The highest BCUT2D eigenvalue weighted by atomic mass is 32.2. The lowest BCUT2D eigenvalue weighted by Crippen LogP contribution is -2.31. The third-order valence-electron chi connectivity index (χ3n) is 5.59. The Morgan fingerprint density at radius 1 is 1.03 bits per heavy atom. The number of benzene rings is 3.